The molecule has 0 unspecified atom stereocenters. The molecule has 0 atom stereocenters. The highest BCUT2D eigenvalue weighted by molar-refractivity contribution is 4.79. The second kappa shape index (κ2) is 5.10. The summed E-state index contributed by atoms with van der Waals surface area (Å²) >= 11 is 0. The predicted molar refractivity (Wildman–Crippen MR) is 38.5 cm³/mol. The molecule has 2 heterocycles. The summed E-state index contributed by atoms with van der Waals surface area (Å²) in [6.45, 7) is 0. The van der Waals surface area contributed by atoms with Gasteiger partial charge in [-0.1, -0.05) is 0 Å². The summed E-state index contributed by atoms with van der Waals surface area (Å²) < 4.78 is 4.58. The molecule has 0 fully saturated rings. The van der Waals surface area contributed by atoms with Gasteiger partial charge in [-0.25, -0.2) is 0 Å². The first-order valence-electron chi connectivity index (χ1n) is 3.05. The van der Waals surface area contributed by atoms with Gasteiger partial charge in [0.2, 0.25) is 0 Å². The van der Waals surface area contributed by atoms with Gasteiger partial charge in [0.05, 0.1) is 24.9 Å². The van der Waals surface area contributed by atoms with E-state index in [1.54, 1.807) is 31.0 Å². The van der Waals surface area contributed by atoms with E-state index in [1.165, 1.54) is 0 Å². The summed E-state index contributed by atoms with van der Waals surface area (Å²) in [6, 6.07) is 5.38. The van der Waals surface area contributed by atoms with Crippen LogP contribution in [0.2, 0.25) is 0 Å². The predicted octanol–water partition coefficient (Wildman–Crippen LogP) is 1.15. The zero-order valence-electron chi connectivity index (χ0n) is 5.79. The molecule has 2 aromatic rings. The molecule has 0 saturated carbocycles. The Labute approximate surface area is 63.9 Å². The minimum absolute atomic E-state index is 1.58. The molecule has 0 bridgehead atoms. The number of aromatic nitrogens is 3. The van der Waals surface area contributed by atoms with E-state index in [4.69, 9.17) is 0 Å². The Hall–Kier alpha value is -1.71. The van der Waals surface area contributed by atoms with E-state index in [9.17, 15) is 0 Å². The molecule has 0 aromatic carbocycles. The minimum atomic E-state index is 1.58. The molecule has 4 nitrogen and oxygen atoms in total. The van der Waals surface area contributed by atoms with Crippen LogP contribution in [-0.4, -0.2) is 15.4 Å². The lowest BCUT2D eigenvalue weighted by Gasteiger charge is -1.68. The van der Waals surface area contributed by atoms with Crippen LogP contribution >= 0.6 is 0 Å². The standard InChI is InChI=1S/C4H4O.C3H3N3/c1-2-4-5-3-1;1-2-4-6-5-3-1/h1-4H;1-3H. The zero-order chi connectivity index (χ0) is 7.78. The summed E-state index contributed by atoms with van der Waals surface area (Å²) in [5.74, 6) is 0. The van der Waals surface area contributed by atoms with E-state index < -0.39 is 0 Å². The Morgan fingerprint density at radius 1 is 0.818 bits per heavy atom. The first-order valence-corrected chi connectivity index (χ1v) is 3.05. The first kappa shape index (κ1) is 7.40. The van der Waals surface area contributed by atoms with Crippen molar-refractivity contribution < 1.29 is 4.42 Å². The van der Waals surface area contributed by atoms with Crippen molar-refractivity contribution >= 4 is 0 Å². The molecule has 2 aromatic heterocycles. The Morgan fingerprint density at radius 3 is 1.64 bits per heavy atom. The fourth-order valence-corrected chi connectivity index (χ4v) is 0.432. The van der Waals surface area contributed by atoms with Gasteiger partial charge in [0, 0.05) is 0 Å². The van der Waals surface area contributed by atoms with Crippen LogP contribution in [0.15, 0.2) is 47.5 Å². The third kappa shape index (κ3) is 3.80. The van der Waals surface area contributed by atoms with Crippen LogP contribution in [-0.2, 0) is 0 Å². The van der Waals surface area contributed by atoms with Crippen molar-refractivity contribution in [2.45, 2.75) is 0 Å². The summed E-state index contributed by atoms with van der Waals surface area (Å²) in [6.07, 6.45) is 6.40. The first-order chi connectivity index (χ1) is 5.50. The highest BCUT2D eigenvalue weighted by atomic mass is 16.3. The third-order valence-corrected chi connectivity index (χ3v) is 0.834. The molecule has 0 radical (unpaired) electrons. The maximum atomic E-state index is 4.58. The number of hydrogen-bond acceptors (Lipinski definition) is 4. The van der Waals surface area contributed by atoms with Gasteiger partial charge in [-0.05, 0) is 23.4 Å². The molecular weight excluding hydrogens is 142 g/mol. The molecule has 0 aliphatic rings. The van der Waals surface area contributed by atoms with Crippen LogP contribution in [0.4, 0.5) is 0 Å². The molecule has 2 rings (SSSR count). The van der Waals surface area contributed by atoms with E-state index in [1.807, 2.05) is 12.1 Å². The molecule has 11 heavy (non-hydrogen) atoms. The highest BCUT2D eigenvalue weighted by Crippen LogP contribution is 1.79. The van der Waals surface area contributed by atoms with Crippen LogP contribution in [0.5, 0.6) is 0 Å². The van der Waals surface area contributed by atoms with Crippen molar-refractivity contribution in [3.63, 3.8) is 0 Å². The number of nitrogens with zero attached hydrogens (tertiary/aromatic N) is 3. The molecule has 4 heteroatoms. The lowest BCUT2D eigenvalue weighted by atomic mass is 10.7. The van der Waals surface area contributed by atoms with Gasteiger partial charge in [0.1, 0.15) is 0 Å². The van der Waals surface area contributed by atoms with Gasteiger partial charge >= 0.3 is 0 Å². The summed E-state index contributed by atoms with van der Waals surface area (Å²) in [7, 11) is 0. The van der Waals surface area contributed by atoms with E-state index in [-0.39, 0.29) is 0 Å². The Kier molecular flexibility index (Phi) is 3.43. The second-order valence-corrected chi connectivity index (χ2v) is 1.60. The molecular formula is C7H7N3O. The molecule has 0 saturated heterocycles. The zero-order valence-corrected chi connectivity index (χ0v) is 5.79. The van der Waals surface area contributed by atoms with E-state index in [2.05, 4.69) is 19.8 Å². The highest BCUT2D eigenvalue weighted by Gasteiger charge is 1.60. The average Bonchev–Trinajstić information content (AvgIpc) is 2.64. The van der Waals surface area contributed by atoms with Crippen LogP contribution in [0.25, 0.3) is 0 Å². The third-order valence-electron chi connectivity index (χ3n) is 0.834. The Bertz CT molecular complexity index is 200. The molecule has 56 valence electrons. The number of hydrogen-bond donors (Lipinski definition) is 0. The van der Waals surface area contributed by atoms with Crippen LogP contribution < -0.4 is 0 Å². The van der Waals surface area contributed by atoms with Gasteiger partial charge in [-0.15, -0.1) is 10.2 Å². The monoisotopic (exact) mass is 149 g/mol. The van der Waals surface area contributed by atoms with Crippen LogP contribution in [0.3, 0.4) is 0 Å². The average molecular weight is 149 g/mol. The quantitative estimate of drug-likeness (QED) is 0.563. The van der Waals surface area contributed by atoms with Crippen molar-refractivity contribution in [3.8, 4) is 0 Å². The van der Waals surface area contributed by atoms with E-state index >= 15 is 0 Å². The minimum Gasteiger partial charge on any atom is -0.473 e. The van der Waals surface area contributed by atoms with Gasteiger partial charge in [0.15, 0.2) is 0 Å². The molecule has 0 aliphatic heterocycles. The van der Waals surface area contributed by atoms with E-state index in [0.717, 1.165) is 0 Å². The summed E-state index contributed by atoms with van der Waals surface area (Å²) in [4.78, 5) is 0. The SMILES string of the molecule is c1ccoc1.c1cnnnc1. The maximum absolute atomic E-state index is 4.58. The number of furan rings is 1. The molecule has 0 spiro atoms. The van der Waals surface area contributed by atoms with Crippen molar-refractivity contribution in [1.82, 2.24) is 15.4 Å². The van der Waals surface area contributed by atoms with Crippen molar-refractivity contribution in [1.29, 1.82) is 0 Å². The molecule has 0 N–H and O–H groups in total. The second-order valence-electron chi connectivity index (χ2n) is 1.60. The smallest absolute Gasteiger partial charge is 0.0902 e. The lowest BCUT2D eigenvalue weighted by Crippen LogP contribution is -1.78. The normalized spacial score (nSPS) is 8.00. The fraction of sp³-hybridized carbons (Fsp3) is 0. The Balaban J connectivity index is 0.000000112. The summed E-state index contributed by atoms with van der Waals surface area (Å²) in [5, 5.41) is 10.1. The van der Waals surface area contributed by atoms with Crippen LogP contribution in [0, 0.1) is 0 Å². The van der Waals surface area contributed by atoms with Gasteiger partial charge in [-0.3, -0.25) is 0 Å². The van der Waals surface area contributed by atoms with Gasteiger partial charge in [0.25, 0.3) is 0 Å². The van der Waals surface area contributed by atoms with Gasteiger partial charge < -0.3 is 4.42 Å². The number of rotatable bonds is 0. The Morgan fingerprint density at radius 2 is 1.45 bits per heavy atom. The van der Waals surface area contributed by atoms with Crippen molar-refractivity contribution in [2.75, 3.05) is 0 Å². The van der Waals surface area contributed by atoms with Gasteiger partial charge in [-0.2, -0.15) is 0 Å². The van der Waals surface area contributed by atoms with E-state index in [0.29, 0.717) is 0 Å². The maximum Gasteiger partial charge on any atom is 0.0902 e. The molecule has 0 aliphatic carbocycles. The topological polar surface area (TPSA) is 51.8 Å². The van der Waals surface area contributed by atoms with Crippen LogP contribution in [0.1, 0.15) is 0 Å². The fourth-order valence-electron chi connectivity index (χ4n) is 0.432. The summed E-state index contributed by atoms with van der Waals surface area (Å²) in [5.41, 5.74) is 0. The largest absolute Gasteiger partial charge is 0.473 e. The molecule has 0 amide bonds. The van der Waals surface area contributed by atoms with Crippen molar-refractivity contribution in [2.24, 2.45) is 0 Å². The van der Waals surface area contributed by atoms with Crippen molar-refractivity contribution in [3.05, 3.63) is 43.1 Å². The lowest BCUT2D eigenvalue weighted by molar-refractivity contribution is 0.567.